The highest BCUT2D eigenvalue weighted by Gasteiger charge is 2.30. The molecule has 0 spiro atoms. The molecule has 0 saturated carbocycles. The molecule has 12 heteroatoms. The minimum atomic E-state index is -1.39. The Labute approximate surface area is 182 Å². The van der Waals surface area contributed by atoms with Gasteiger partial charge in [0, 0.05) is 5.75 Å². The van der Waals surface area contributed by atoms with Crippen LogP contribution in [0.3, 0.4) is 0 Å². The standard InChI is InChI=1S/C18H35N5O6S/c1-10(2)7-12(21-15(25)11(20)5-3-4-6-19)16(26)22-13(8-24)17(27)23-14(9-30)18(28)29/h10-14,24,30H,3-9,19-20H2,1-2H3,(H,21,25)(H,22,26)(H,23,27)(H,28,29). The van der Waals surface area contributed by atoms with Gasteiger partial charge < -0.3 is 37.6 Å². The average molecular weight is 450 g/mol. The average Bonchev–Trinajstić information content (AvgIpc) is 2.68. The third-order valence-electron chi connectivity index (χ3n) is 4.26. The highest BCUT2D eigenvalue weighted by Crippen LogP contribution is 2.07. The first-order valence-corrected chi connectivity index (χ1v) is 10.5. The number of aliphatic hydroxyl groups is 1. The van der Waals surface area contributed by atoms with Crippen molar-refractivity contribution in [2.75, 3.05) is 18.9 Å². The van der Waals surface area contributed by atoms with Gasteiger partial charge >= 0.3 is 5.97 Å². The van der Waals surface area contributed by atoms with Crippen molar-refractivity contribution in [3.63, 3.8) is 0 Å². The van der Waals surface area contributed by atoms with Crippen molar-refractivity contribution in [1.29, 1.82) is 0 Å². The highest BCUT2D eigenvalue weighted by molar-refractivity contribution is 7.80. The minimum Gasteiger partial charge on any atom is -0.480 e. The van der Waals surface area contributed by atoms with Crippen LogP contribution < -0.4 is 27.4 Å². The molecule has 0 aromatic heterocycles. The van der Waals surface area contributed by atoms with E-state index in [9.17, 15) is 24.3 Å². The molecule has 0 bridgehead atoms. The number of nitrogens with two attached hydrogens (primary N) is 2. The van der Waals surface area contributed by atoms with Crippen LogP contribution in [-0.2, 0) is 19.2 Å². The summed E-state index contributed by atoms with van der Waals surface area (Å²) in [6.07, 6.45) is 2.10. The quantitative estimate of drug-likeness (QED) is 0.103. The Kier molecular flexibility index (Phi) is 14.0. The first kappa shape index (κ1) is 28.1. The first-order valence-electron chi connectivity index (χ1n) is 9.88. The van der Waals surface area contributed by atoms with Gasteiger partial charge in [-0.3, -0.25) is 14.4 Å². The van der Waals surface area contributed by atoms with E-state index in [0.717, 1.165) is 6.42 Å². The number of amides is 3. The molecule has 0 aliphatic heterocycles. The fourth-order valence-electron chi connectivity index (χ4n) is 2.55. The topological polar surface area (TPSA) is 197 Å². The maximum atomic E-state index is 12.7. The van der Waals surface area contributed by atoms with Gasteiger partial charge in [0.2, 0.25) is 17.7 Å². The molecular formula is C18H35N5O6S. The van der Waals surface area contributed by atoms with Gasteiger partial charge in [-0.1, -0.05) is 20.3 Å². The second kappa shape index (κ2) is 15.0. The van der Waals surface area contributed by atoms with Crippen LogP contribution in [0.1, 0.15) is 39.5 Å². The number of aliphatic hydroxyl groups excluding tert-OH is 1. The molecule has 4 unspecified atom stereocenters. The van der Waals surface area contributed by atoms with Gasteiger partial charge in [-0.25, -0.2) is 4.79 Å². The van der Waals surface area contributed by atoms with E-state index in [-0.39, 0.29) is 18.1 Å². The Morgan fingerprint density at radius 3 is 1.93 bits per heavy atom. The summed E-state index contributed by atoms with van der Waals surface area (Å²) in [4.78, 5) is 48.2. The number of thiol groups is 1. The molecule has 30 heavy (non-hydrogen) atoms. The van der Waals surface area contributed by atoms with Crippen molar-refractivity contribution in [2.45, 2.75) is 63.7 Å². The summed E-state index contributed by atoms with van der Waals surface area (Å²) in [5.41, 5.74) is 11.3. The molecule has 174 valence electrons. The SMILES string of the molecule is CC(C)CC(NC(=O)C(N)CCCCN)C(=O)NC(CO)C(=O)NC(CS)C(=O)O. The summed E-state index contributed by atoms with van der Waals surface area (Å²) < 4.78 is 0. The first-order chi connectivity index (χ1) is 14.1. The molecule has 11 nitrogen and oxygen atoms in total. The van der Waals surface area contributed by atoms with Crippen LogP contribution in [-0.4, -0.2) is 77.0 Å². The fourth-order valence-corrected chi connectivity index (χ4v) is 2.79. The monoisotopic (exact) mass is 449 g/mol. The number of nitrogens with one attached hydrogen (secondary N) is 3. The number of carbonyl (C=O) groups is 4. The van der Waals surface area contributed by atoms with Gasteiger partial charge in [0.1, 0.15) is 18.1 Å². The molecular weight excluding hydrogens is 414 g/mol. The molecule has 0 saturated heterocycles. The Bertz CT molecular complexity index is 577. The molecule has 0 aliphatic rings. The molecule has 0 aromatic rings. The maximum Gasteiger partial charge on any atom is 0.327 e. The van der Waals surface area contributed by atoms with Crippen molar-refractivity contribution in [1.82, 2.24) is 16.0 Å². The largest absolute Gasteiger partial charge is 0.480 e. The number of aliphatic carboxylic acids is 1. The lowest BCUT2D eigenvalue weighted by atomic mass is 10.0. The van der Waals surface area contributed by atoms with Crippen LogP contribution in [0, 0.1) is 5.92 Å². The lowest BCUT2D eigenvalue weighted by Gasteiger charge is -2.25. The summed E-state index contributed by atoms with van der Waals surface area (Å²) in [5.74, 6) is -3.48. The second-order valence-electron chi connectivity index (χ2n) is 7.41. The third kappa shape index (κ3) is 10.8. The van der Waals surface area contributed by atoms with Crippen molar-refractivity contribution in [3.05, 3.63) is 0 Å². The molecule has 0 heterocycles. The summed E-state index contributed by atoms with van der Waals surface area (Å²) in [7, 11) is 0. The van der Waals surface area contributed by atoms with E-state index in [1.165, 1.54) is 0 Å². The smallest absolute Gasteiger partial charge is 0.327 e. The Hall–Kier alpha value is -1.89. The zero-order chi connectivity index (χ0) is 23.3. The van der Waals surface area contributed by atoms with E-state index in [0.29, 0.717) is 19.4 Å². The van der Waals surface area contributed by atoms with Crippen LogP contribution >= 0.6 is 12.6 Å². The number of carbonyl (C=O) groups excluding carboxylic acids is 3. The molecule has 0 aromatic carbocycles. The predicted octanol–water partition coefficient (Wildman–Crippen LogP) is -2.05. The van der Waals surface area contributed by atoms with Crippen LogP contribution in [0.5, 0.6) is 0 Å². The fraction of sp³-hybridized carbons (Fsp3) is 0.778. The third-order valence-corrected chi connectivity index (χ3v) is 4.62. The van der Waals surface area contributed by atoms with Gasteiger partial charge in [-0.2, -0.15) is 12.6 Å². The summed E-state index contributed by atoms with van der Waals surface area (Å²) >= 11 is 3.84. The van der Waals surface area contributed by atoms with Crippen molar-refractivity contribution in [3.8, 4) is 0 Å². The Morgan fingerprint density at radius 2 is 1.47 bits per heavy atom. The van der Waals surface area contributed by atoms with Crippen LogP contribution in [0.25, 0.3) is 0 Å². The lowest BCUT2D eigenvalue weighted by molar-refractivity contribution is -0.142. The van der Waals surface area contributed by atoms with Gasteiger partial charge in [-0.15, -0.1) is 0 Å². The normalized spacial score (nSPS) is 15.0. The van der Waals surface area contributed by atoms with Crippen LogP contribution in [0.15, 0.2) is 0 Å². The van der Waals surface area contributed by atoms with Gasteiger partial charge in [0.15, 0.2) is 0 Å². The summed E-state index contributed by atoms with van der Waals surface area (Å²) in [6, 6.07) is -4.43. The summed E-state index contributed by atoms with van der Waals surface area (Å²) in [6.45, 7) is 3.45. The predicted molar refractivity (Wildman–Crippen MR) is 115 cm³/mol. The van der Waals surface area contributed by atoms with Gasteiger partial charge in [0.25, 0.3) is 0 Å². The number of carboxylic acid groups (broad SMARTS) is 1. The summed E-state index contributed by atoms with van der Waals surface area (Å²) in [5, 5.41) is 25.6. The van der Waals surface area contributed by atoms with E-state index < -0.39 is 54.5 Å². The molecule has 0 fully saturated rings. The van der Waals surface area contributed by atoms with Gasteiger partial charge in [-0.05, 0) is 31.7 Å². The minimum absolute atomic E-state index is 0.0384. The maximum absolute atomic E-state index is 12.7. The van der Waals surface area contributed by atoms with E-state index in [2.05, 4.69) is 28.6 Å². The number of carboxylic acids is 1. The van der Waals surface area contributed by atoms with Crippen LogP contribution in [0.2, 0.25) is 0 Å². The van der Waals surface area contributed by atoms with Crippen molar-refractivity contribution < 1.29 is 29.4 Å². The number of hydrogen-bond donors (Lipinski definition) is 8. The number of hydrogen-bond acceptors (Lipinski definition) is 8. The number of unbranched alkanes of at least 4 members (excludes halogenated alkanes) is 1. The Morgan fingerprint density at radius 1 is 0.933 bits per heavy atom. The van der Waals surface area contributed by atoms with Crippen molar-refractivity contribution >= 4 is 36.3 Å². The highest BCUT2D eigenvalue weighted by atomic mass is 32.1. The molecule has 0 radical (unpaired) electrons. The zero-order valence-corrected chi connectivity index (χ0v) is 18.4. The number of rotatable bonds is 15. The molecule has 3 amide bonds. The second-order valence-corrected chi connectivity index (χ2v) is 7.77. The van der Waals surface area contributed by atoms with E-state index in [1.54, 1.807) is 0 Å². The Balaban J connectivity index is 5.08. The molecule has 0 aliphatic carbocycles. The van der Waals surface area contributed by atoms with E-state index in [1.807, 2.05) is 13.8 Å². The lowest BCUT2D eigenvalue weighted by Crippen LogP contribution is -2.58. The van der Waals surface area contributed by atoms with E-state index in [4.69, 9.17) is 16.6 Å². The zero-order valence-electron chi connectivity index (χ0n) is 17.5. The molecule has 9 N–H and O–H groups in total. The van der Waals surface area contributed by atoms with Gasteiger partial charge in [0.05, 0.1) is 12.6 Å². The molecule has 0 rings (SSSR count). The van der Waals surface area contributed by atoms with Crippen molar-refractivity contribution in [2.24, 2.45) is 17.4 Å². The van der Waals surface area contributed by atoms with E-state index >= 15 is 0 Å². The molecule has 4 atom stereocenters. The van der Waals surface area contributed by atoms with Crippen LogP contribution in [0.4, 0.5) is 0 Å².